The van der Waals surface area contributed by atoms with E-state index in [-0.39, 0.29) is 5.82 Å². The molecule has 0 spiro atoms. The molecule has 0 aliphatic rings. The molecule has 3 rings (SSSR count). The molecule has 0 amide bonds. The first-order valence-corrected chi connectivity index (χ1v) is 8.48. The molecule has 0 saturated carbocycles. The van der Waals surface area contributed by atoms with E-state index in [9.17, 15) is 4.39 Å². The highest BCUT2D eigenvalue weighted by Crippen LogP contribution is 2.37. The van der Waals surface area contributed by atoms with Gasteiger partial charge in [0.05, 0.1) is 0 Å². The van der Waals surface area contributed by atoms with Crippen LogP contribution in [0.1, 0.15) is 5.56 Å². The summed E-state index contributed by atoms with van der Waals surface area (Å²) in [6.45, 7) is 0. The lowest BCUT2D eigenvalue weighted by Gasteiger charge is -2.19. The van der Waals surface area contributed by atoms with Gasteiger partial charge in [-0.2, -0.15) is 0 Å². The van der Waals surface area contributed by atoms with Crippen LogP contribution in [-0.2, 0) is 6.16 Å². The fourth-order valence-electron chi connectivity index (χ4n) is 2.33. The second-order valence-electron chi connectivity index (χ2n) is 4.88. The molecule has 0 heterocycles. The first-order valence-electron chi connectivity index (χ1n) is 6.95. The minimum absolute atomic E-state index is 0.179. The fraction of sp³-hybridized carbons (Fsp3) is 0.0526. The molecule has 3 aromatic rings. The van der Waals surface area contributed by atoms with Crippen molar-refractivity contribution in [3.8, 4) is 0 Å². The zero-order chi connectivity index (χ0) is 14.5. The van der Waals surface area contributed by atoms with Crippen molar-refractivity contribution in [2.45, 2.75) is 6.16 Å². The van der Waals surface area contributed by atoms with Gasteiger partial charge in [0.25, 0.3) is 0 Å². The molecule has 0 nitrogen and oxygen atoms in total. The summed E-state index contributed by atoms with van der Waals surface area (Å²) in [5, 5.41) is 2.53. The Labute approximate surface area is 126 Å². The number of hydrogen-bond donors (Lipinski definition) is 0. The third kappa shape index (κ3) is 3.56. The molecular weight excluding hydrogens is 278 g/mol. The van der Waals surface area contributed by atoms with E-state index in [1.807, 2.05) is 24.3 Å². The van der Waals surface area contributed by atoms with Crippen molar-refractivity contribution >= 4 is 18.5 Å². The van der Waals surface area contributed by atoms with Gasteiger partial charge in [0.2, 0.25) is 0 Å². The second-order valence-corrected chi connectivity index (χ2v) is 7.09. The molecule has 1 atom stereocenters. The molecule has 104 valence electrons. The highest BCUT2D eigenvalue weighted by Gasteiger charge is 2.14. The average molecular weight is 294 g/mol. The lowest BCUT2D eigenvalue weighted by atomic mass is 10.2. The maximum Gasteiger partial charge on any atom is 0.123 e. The highest BCUT2D eigenvalue weighted by atomic mass is 31.1. The third-order valence-electron chi connectivity index (χ3n) is 3.39. The molecule has 3 aromatic carbocycles. The van der Waals surface area contributed by atoms with E-state index in [0.717, 1.165) is 6.16 Å². The Bertz CT molecular complexity index is 678. The minimum Gasteiger partial charge on any atom is -0.207 e. The monoisotopic (exact) mass is 294 g/mol. The Kier molecular flexibility index (Phi) is 4.43. The van der Waals surface area contributed by atoms with E-state index in [1.165, 1.54) is 16.2 Å². The maximum atomic E-state index is 13.2. The third-order valence-corrected chi connectivity index (χ3v) is 5.91. The quantitative estimate of drug-likeness (QED) is 0.623. The van der Waals surface area contributed by atoms with Gasteiger partial charge >= 0.3 is 0 Å². The zero-order valence-electron chi connectivity index (χ0n) is 11.6. The normalized spacial score (nSPS) is 12.0. The molecule has 0 N–H and O–H groups in total. The predicted molar refractivity (Wildman–Crippen MR) is 89.2 cm³/mol. The number of halogens is 1. The van der Waals surface area contributed by atoms with Gasteiger partial charge in [0, 0.05) is 6.16 Å². The first-order chi connectivity index (χ1) is 10.3. The van der Waals surface area contributed by atoms with Gasteiger partial charge in [-0.25, -0.2) is 4.39 Å². The standard InChI is InChI=1S/C19H16FP/c20-17-11-13-19(14-12-17)21(18-9-5-2-6-10-18)15-16-7-3-1-4-8-16/h1-14H,15H2. The summed E-state index contributed by atoms with van der Waals surface area (Å²) < 4.78 is 13.2. The molecule has 0 aromatic heterocycles. The summed E-state index contributed by atoms with van der Waals surface area (Å²) in [5.74, 6) is -0.179. The van der Waals surface area contributed by atoms with Crippen LogP contribution < -0.4 is 10.6 Å². The van der Waals surface area contributed by atoms with E-state index in [2.05, 4.69) is 48.5 Å². The minimum atomic E-state index is -0.506. The Balaban J connectivity index is 1.97. The molecule has 0 aliphatic carbocycles. The van der Waals surface area contributed by atoms with Crippen molar-refractivity contribution in [2.75, 3.05) is 0 Å². The summed E-state index contributed by atoms with van der Waals surface area (Å²) in [7, 11) is -0.506. The molecular formula is C19H16FP. The van der Waals surface area contributed by atoms with E-state index in [4.69, 9.17) is 0 Å². The topological polar surface area (TPSA) is 0 Å². The van der Waals surface area contributed by atoms with Crippen LogP contribution in [0.3, 0.4) is 0 Å². The first kappa shape index (κ1) is 14.0. The van der Waals surface area contributed by atoms with Crippen molar-refractivity contribution < 1.29 is 4.39 Å². The van der Waals surface area contributed by atoms with E-state index in [1.54, 1.807) is 12.1 Å². The Morgan fingerprint density at radius 2 is 1.14 bits per heavy atom. The molecule has 2 heteroatoms. The molecule has 0 bridgehead atoms. The summed E-state index contributed by atoms with van der Waals surface area (Å²) >= 11 is 0. The molecule has 0 radical (unpaired) electrons. The Morgan fingerprint density at radius 1 is 0.619 bits per heavy atom. The van der Waals surface area contributed by atoms with E-state index in [0.29, 0.717) is 0 Å². The number of rotatable bonds is 4. The molecule has 1 unspecified atom stereocenters. The largest absolute Gasteiger partial charge is 0.207 e. The van der Waals surface area contributed by atoms with Crippen molar-refractivity contribution in [2.24, 2.45) is 0 Å². The molecule has 0 fully saturated rings. The number of hydrogen-bond acceptors (Lipinski definition) is 0. The van der Waals surface area contributed by atoms with Crippen molar-refractivity contribution in [3.05, 3.63) is 96.3 Å². The van der Waals surface area contributed by atoms with Crippen molar-refractivity contribution in [1.82, 2.24) is 0 Å². The Hall–Kier alpha value is -1.98. The Morgan fingerprint density at radius 3 is 1.76 bits per heavy atom. The maximum absolute atomic E-state index is 13.2. The zero-order valence-corrected chi connectivity index (χ0v) is 12.5. The average Bonchev–Trinajstić information content (AvgIpc) is 2.55. The van der Waals surface area contributed by atoms with Gasteiger partial charge in [-0.3, -0.25) is 0 Å². The van der Waals surface area contributed by atoms with Gasteiger partial charge in [-0.05, 0) is 36.2 Å². The summed E-state index contributed by atoms with van der Waals surface area (Å²) in [6.07, 6.45) is 0.978. The van der Waals surface area contributed by atoms with Crippen molar-refractivity contribution in [1.29, 1.82) is 0 Å². The van der Waals surface area contributed by atoms with Crippen LogP contribution in [0.15, 0.2) is 84.9 Å². The highest BCUT2D eigenvalue weighted by molar-refractivity contribution is 7.72. The van der Waals surface area contributed by atoms with Crippen LogP contribution in [0.5, 0.6) is 0 Å². The molecule has 21 heavy (non-hydrogen) atoms. The molecule has 0 aliphatic heterocycles. The van der Waals surface area contributed by atoms with Gasteiger partial charge in [0.15, 0.2) is 0 Å². The summed E-state index contributed by atoms with van der Waals surface area (Å²) in [6, 6.07) is 27.9. The van der Waals surface area contributed by atoms with E-state index < -0.39 is 7.92 Å². The van der Waals surface area contributed by atoms with E-state index >= 15 is 0 Å². The lowest BCUT2D eigenvalue weighted by Crippen LogP contribution is -2.13. The predicted octanol–water partition coefficient (Wildman–Crippen LogP) is 4.46. The van der Waals surface area contributed by atoms with Crippen LogP contribution >= 0.6 is 7.92 Å². The fourth-order valence-corrected chi connectivity index (χ4v) is 4.61. The van der Waals surface area contributed by atoms with Crippen LogP contribution in [0.4, 0.5) is 4.39 Å². The summed E-state index contributed by atoms with van der Waals surface area (Å²) in [4.78, 5) is 0. The van der Waals surface area contributed by atoms with Crippen LogP contribution in [-0.4, -0.2) is 0 Å². The number of benzene rings is 3. The SMILES string of the molecule is Fc1ccc(P(Cc2ccccc2)c2ccccc2)cc1. The van der Waals surface area contributed by atoms with Crippen molar-refractivity contribution in [3.63, 3.8) is 0 Å². The smallest absolute Gasteiger partial charge is 0.123 e. The lowest BCUT2D eigenvalue weighted by molar-refractivity contribution is 0.628. The summed E-state index contributed by atoms with van der Waals surface area (Å²) in [5.41, 5.74) is 1.32. The van der Waals surface area contributed by atoms with Gasteiger partial charge in [-0.15, -0.1) is 0 Å². The van der Waals surface area contributed by atoms with Gasteiger partial charge in [0.1, 0.15) is 5.82 Å². The van der Waals surface area contributed by atoms with Gasteiger partial charge < -0.3 is 0 Å². The van der Waals surface area contributed by atoms with Crippen LogP contribution in [0.25, 0.3) is 0 Å². The van der Waals surface area contributed by atoms with Gasteiger partial charge in [-0.1, -0.05) is 72.8 Å². The molecule has 0 saturated heterocycles. The van der Waals surface area contributed by atoms with Crippen LogP contribution in [0.2, 0.25) is 0 Å². The second kappa shape index (κ2) is 6.65. The van der Waals surface area contributed by atoms with Crippen LogP contribution in [0, 0.1) is 5.82 Å².